The van der Waals surface area contributed by atoms with Crippen LogP contribution in [-0.2, 0) is 16.0 Å². The minimum Gasteiger partial charge on any atom is -0.490 e. The summed E-state index contributed by atoms with van der Waals surface area (Å²) >= 11 is 0. The summed E-state index contributed by atoms with van der Waals surface area (Å²) in [7, 11) is 1.12. The van der Waals surface area contributed by atoms with E-state index in [1.807, 2.05) is 0 Å². The van der Waals surface area contributed by atoms with Gasteiger partial charge in [0.25, 0.3) is 5.91 Å². The number of carbonyl (C=O) groups is 2. The standard InChI is InChI=1S/C29H22F4N2O4/c1-38-29(37)24(35-28(36)26-20(30)5-2-6-21(26)31)12-15-7-10-17(18-4-3-11-34-27(15)18)19-13-22(32)23(33)14-25(19)39-16-8-9-16/h2-7,10-11,13-14,16,24H,8-9,12H2,1H3,(H,35,36)/t24-/m0/s1. The Balaban J connectivity index is 1.53. The number of halogens is 4. The molecular weight excluding hydrogens is 516 g/mol. The molecule has 3 aromatic carbocycles. The van der Waals surface area contributed by atoms with Crippen molar-refractivity contribution in [2.75, 3.05) is 7.11 Å². The van der Waals surface area contributed by atoms with Gasteiger partial charge in [0.1, 0.15) is 29.0 Å². The van der Waals surface area contributed by atoms with Crippen LogP contribution < -0.4 is 10.1 Å². The Morgan fingerprint density at radius 3 is 2.36 bits per heavy atom. The monoisotopic (exact) mass is 538 g/mol. The van der Waals surface area contributed by atoms with Gasteiger partial charge in [-0.05, 0) is 48.2 Å². The molecule has 0 saturated heterocycles. The fourth-order valence-electron chi connectivity index (χ4n) is 4.33. The zero-order chi connectivity index (χ0) is 27.7. The van der Waals surface area contributed by atoms with E-state index < -0.39 is 46.8 Å². The molecule has 0 bridgehead atoms. The minimum atomic E-state index is -1.31. The van der Waals surface area contributed by atoms with E-state index in [4.69, 9.17) is 9.47 Å². The molecule has 5 rings (SSSR count). The first kappa shape index (κ1) is 26.1. The SMILES string of the molecule is COC(=O)[C@H](Cc1ccc(-c2cc(F)c(F)cc2OC2CC2)c2cccnc12)NC(=O)c1c(F)cccc1F. The number of benzene rings is 3. The van der Waals surface area contributed by atoms with Gasteiger partial charge in [-0.2, -0.15) is 0 Å². The zero-order valence-corrected chi connectivity index (χ0v) is 20.6. The Kier molecular flexibility index (Phi) is 7.19. The lowest BCUT2D eigenvalue weighted by Crippen LogP contribution is -2.43. The predicted molar refractivity (Wildman–Crippen MR) is 134 cm³/mol. The molecular formula is C29H22F4N2O4. The molecule has 0 unspecified atom stereocenters. The highest BCUT2D eigenvalue weighted by molar-refractivity contribution is 5.99. The maximum absolute atomic E-state index is 14.3. The number of fused-ring (bicyclic) bond motifs is 1. The number of pyridine rings is 1. The predicted octanol–water partition coefficient (Wildman–Crippen LogP) is 5.51. The molecule has 39 heavy (non-hydrogen) atoms. The number of hydrogen-bond donors (Lipinski definition) is 1. The largest absolute Gasteiger partial charge is 0.490 e. The number of nitrogens with zero attached hydrogens (tertiary/aromatic N) is 1. The molecule has 1 fully saturated rings. The smallest absolute Gasteiger partial charge is 0.328 e. The highest BCUT2D eigenvalue weighted by Gasteiger charge is 2.28. The normalized spacial score (nSPS) is 13.7. The highest BCUT2D eigenvalue weighted by Crippen LogP contribution is 2.39. The Bertz CT molecular complexity index is 1570. The lowest BCUT2D eigenvalue weighted by atomic mass is 9.94. The van der Waals surface area contributed by atoms with Gasteiger partial charge < -0.3 is 14.8 Å². The molecule has 1 amide bonds. The van der Waals surface area contributed by atoms with Crippen LogP contribution in [0.3, 0.4) is 0 Å². The fraction of sp³-hybridized carbons (Fsp3) is 0.207. The number of rotatable bonds is 8. The average molecular weight is 538 g/mol. The highest BCUT2D eigenvalue weighted by atomic mass is 19.2. The first-order valence-electron chi connectivity index (χ1n) is 12.1. The summed E-state index contributed by atoms with van der Waals surface area (Å²) in [4.78, 5) is 29.7. The van der Waals surface area contributed by atoms with Gasteiger partial charge in [-0.15, -0.1) is 0 Å². The lowest BCUT2D eigenvalue weighted by Gasteiger charge is -2.19. The zero-order valence-electron chi connectivity index (χ0n) is 20.6. The van der Waals surface area contributed by atoms with Gasteiger partial charge in [0.15, 0.2) is 11.6 Å². The topological polar surface area (TPSA) is 77.5 Å². The Labute approximate surface area is 220 Å². The van der Waals surface area contributed by atoms with Crippen LogP contribution in [0.4, 0.5) is 17.6 Å². The quantitative estimate of drug-likeness (QED) is 0.236. The summed E-state index contributed by atoms with van der Waals surface area (Å²) < 4.78 is 67.3. The van der Waals surface area contributed by atoms with E-state index >= 15 is 0 Å². The number of aromatic nitrogens is 1. The van der Waals surface area contributed by atoms with E-state index in [0.717, 1.165) is 50.3 Å². The Hall–Kier alpha value is -4.47. The van der Waals surface area contributed by atoms with Crippen molar-refractivity contribution in [3.63, 3.8) is 0 Å². The van der Waals surface area contributed by atoms with Crippen molar-refractivity contribution in [3.8, 4) is 16.9 Å². The first-order chi connectivity index (χ1) is 18.8. The molecule has 1 heterocycles. The second-order valence-electron chi connectivity index (χ2n) is 9.10. The number of esters is 1. The summed E-state index contributed by atoms with van der Waals surface area (Å²) in [5.41, 5.74) is 0.927. The van der Waals surface area contributed by atoms with Crippen LogP contribution >= 0.6 is 0 Å². The van der Waals surface area contributed by atoms with E-state index in [2.05, 4.69) is 10.3 Å². The molecule has 1 aromatic heterocycles. The number of nitrogens with one attached hydrogen (secondary N) is 1. The van der Waals surface area contributed by atoms with Gasteiger partial charge in [0, 0.05) is 29.6 Å². The second kappa shape index (κ2) is 10.7. The van der Waals surface area contributed by atoms with E-state index in [-0.39, 0.29) is 18.3 Å². The molecule has 10 heteroatoms. The number of methoxy groups -OCH3 is 1. The summed E-state index contributed by atoms with van der Waals surface area (Å²) in [5.74, 6) is -6.00. The molecule has 6 nitrogen and oxygen atoms in total. The van der Waals surface area contributed by atoms with Crippen LogP contribution in [0.5, 0.6) is 5.75 Å². The Morgan fingerprint density at radius 1 is 0.949 bits per heavy atom. The maximum Gasteiger partial charge on any atom is 0.328 e. The first-order valence-corrected chi connectivity index (χ1v) is 12.1. The fourth-order valence-corrected chi connectivity index (χ4v) is 4.33. The van der Waals surface area contributed by atoms with Crippen LogP contribution in [-0.4, -0.2) is 36.1 Å². The number of carbonyl (C=O) groups excluding carboxylic acids is 2. The van der Waals surface area contributed by atoms with Gasteiger partial charge in [-0.25, -0.2) is 22.4 Å². The van der Waals surface area contributed by atoms with Gasteiger partial charge in [0.2, 0.25) is 0 Å². The van der Waals surface area contributed by atoms with Crippen LogP contribution in [0.15, 0.2) is 60.8 Å². The molecule has 1 saturated carbocycles. The number of hydrogen-bond acceptors (Lipinski definition) is 5. The summed E-state index contributed by atoms with van der Waals surface area (Å²) in [6.45, 7) is 0. The van der Waals surface area contributed by atoms with Gasteiger partial charge in [0.05, 0.1) is 18.7 Å². The number of amides is 1. The van der Waals surface area contributed by atoms with Crippen molar-refractivity contribution in [2.45, 2.75) is 31.4 Å². The van der Waals surface area contributed by atoms with Crippen molar-refractivity contribution in [3.05, 3.63) is 95.2 Å². The summed E-state index contributed by atoms with van der Waals surface area (Å²) in [6.07, 6.45) is 2.95. The molecule has 4 aromatic rings. The third-order valence-electron chi connectivity index (χ3n) is 6.39. The molecule has 0 aliphatic heterocycles. The van der Waals surface area contributed by atoms with Gasteiger partial charge in [-0.1, -0.05) is 24.3 Å². The van der Waals surface area contributed by atoms with E-state index in [9.17, 15) is 27.2 Å². The van der Waals surface area contributed by atoms with Crippen molar-refractivity contribution in [2.24, 2.45) is 0 Å². The maximum atomic E-state index is 14.3. The minimum absolute atomic E-state index is 0.0685. The lowest BCUT2D eigenvalue weighted by molar-refractivity contribution is -0.142. The molecule has 1 aliphatic carbocycles. The third-order valence-corrected chi connectivity index (χ3v) is 6.39. The summed E-state index contributed by atoms with van der Waals surface area (Å²) in [5, 5.41) is 2.90. The van der Waals surface area contributed by atoms with Gasteiger partial charge >= 0.3 is 5.97 Å². The third kappa shape index (κ3) is 5.41. The molecule has 1 atom stereocenters. The second-order valence-corrected chi connectivity index (χ2v) is 9.10. The van der Waals surface area contributed by atoms with Crippen LogP contribution in [0.2, 0.25) is 0 Å². The van der Waals surface area contributed by atoms with E-state index in [1.54, 1.807) is 24.3 Å². The van der Waals surface area contributed by atoms with E-state index in [0.29, 0.717) is 27.6 Å². The number of ether oxygens (including phenoxy) is 2. The molecule has 1 aliphatic rings. The molecule has 200 valence electrons. The van der Waals surface area contributed by atoms with Crippen molar-refractivity contribution in [1.29, 1.82) is 0 Å². The molecule has 0 spiro atoms. The Morgan fingerprint density at radius 2 is 1.67 bits per heavy atom. The van der Waals surface area contributed by atoms with Crippen molar-refractivity contribution < 1.29 is 36.6 Å². The van der Waals surface area contributed by atoms with Crippen LogP contribution in [0.25, 0.3) is 22.0 Å². The summed E-state index contributed by atoms with van der Waals surface area (Å²) in [6, 6.07) is 10.4. The van der Waals surface area contributed by atoms with Crippen LogP contribution in [0, 0.1) is 23.3 Å². The molecule has 1 N–H and O–H groups in total. The van der Waals surface area contributed by atoms with Crippen molar-refractivity contribution in [1.82, 2.24) is 10.3 Å². The average Bonchev–Trinajstić information content (AvgIpc) is 3.74. The van der Waals surface area contributed by atoms with E-state index in [1.165, 1.54) is 6.20 Å². The van der Waals surface area contributed by atoms with Gasteiger partial charge in [-0.3, -0.25) is 9.78 Å². The van der Waals surface area contributed by atoms with Crippen LogP contribution in [0.1, 0.15) is 28.8 Å². The molecule has 0 radical (unpaired) electrons. The van der Waals surface area contributed by atoms with Crippen molar-refractivity contribution >= 4 is 22.8 Å².